The Morgan fingerprint density at radius 1 is 1.11 bits per heavy atom. The van der Waals surface area contributed by atoms with E-state index in [1.807, 2.05) is 24.3 Å². The lowest BCUT2D eigenvalue weighted by Gasteiger charge is -2.08. The Hall–Kier alpha value is -1.81. The molecule has 0 heterocycles. The lowest BCUT2D eigenvalue weighted by Crippen LogP contribution is -2.10. The third-order valence-corrected chi connectivity index (χ3v) is 3.26. The summed E-state index contributed by atoms with van der Waals surface area (Å²) in [5.41, 5.74) is 6.70. The number of benzene rings is 2. The molecule has 3 nitrogen and oxygen atoms in total. The zero-order valence-electron chi connectivity index (χ0n) is 9.60. The highest BCUT2D eigenvalue weighted by Gasteiger charge is 2.02. The molecule has 0 atom stereocenters. The van der Waals surface area contributed by atoms with Gasteiger partial charge in [0.05, 0.1) is 0 Å². The second-order valence-corrected chi connectivity index (χ2v) is 4.62. The highest BCUT2D eigenvalue weighted by Crippen LogP contribution is 2.19. The molecular formula is C14H12BrNO2. The standard InChI is InChI=1S/C14H12BrNO2/c15-13-4-2-1-3-11(13)9-18-12-7-5-10(6-8-12)14(16)17/h1-8H,9H2,(H2,16,17). The molecule has 2 aromatic rings. The molecule has 0 saturated heterocycles. The largest absolute Gasteiger partial charge is 0.489 e. The maximum atomic E-state index is 10.9. The van der Waals surface area contributed by atoms with E-state index < -0.39 is 5.91 Å². The number of ether oxygens (including phenoxy) is 1. The summed E-state index contributed by atoms with van der Waals surface area (Å²) >= 11 is 3.46. The number of carbonyl (C=O) groups excluding carboxylic acids is 1. The van der Waals surface area contributed by atoms with Crippen LogP contribution in [0.3, 0.4) is 0 Å². The van der Waals surface area contributed by atoms with Gasteiger partial charge in [0.1, 0.15) is 12.4 Å². The number of halogens is 1. The van der Waals surface area contributed by atoms with E-state index in [2.05, 4.69) is 15.9 Å². The smallest absolute Gasteiger partial charge is 0.248 e. The lowest BCUT2D eigenvalue weighted by atomic mass is 10.2. The van der Waals surface area contributed by atoms with Gasteiger partial charge in [0.15, 0.2) is 0 Å². The van der Waals surface area contributed by atoms with Crippen LogP contribution in [0.15, 0.2) is 53.0 Å². The maximum absolute atomic E-state index is 10.9. The van der Waals surface area contributed by atoms with Crippen molar-refractivity contribution in [1.29, 1.82) is 0 Å². The van der Waals surface area contributed by atoms with Gasteiger partial charge < -0.3 is 10.5 Å². The molecule has 0 aliphatic rings. The molecule has 18 heavy (non-hydrogen) atoms. The topological polar surface area (TPSA) is 52.3 Å². The Morgan fingerprint density at radius 3 is 2.39 bits per heavy atom. The molecule has 1 amide bonds. The van der Waals surface area contributed by atoms with E-state index in [0.717, 1.165) is 10.0 Å². The fraction of sp³-hybridized carbons (Fsp3) is 0.0714. The number of carbonyl (C=O) groups is 1. The highest BCUT2D eigenvalue weighted by molar-refractivity contribution is 9.10. The zero-order valence-corrected chi connectivity index (χ0v) is 11.2. The highest BCUT2D eigenvalue weighted by atomic mass is 79.9. The Bertz CT molecular complexity index is 552. The van der Waals surface area contributed by atoms with Gasteiger partial charge in [-0.3, -0.25) is 4.79 Å². The predicted molar refractivity (Wildman–Crippen MR) is 73.4 cm³/mol. The maximum Gasteiger partial charge on any atom is 0.248 e. The van der Waals surface area contributed by atoms with E-state index in [1.54, 1.807) is 24.3 Å². The first-order valence-corrected chi connectivity index (χ1v) is 6.22. The molecule has 0 bridgehead atoms. The second-order valence-electron chi connectivity index (χ2n) is 3.77. The molecule has 0 aromatic heterocycles. The third kappa shape index (κ3) is 3.11. The van der Waals surface area contributed by atoms with Gasteiger partial charge in [0.25, 0.3) is 0 Å². The number of nitrogens with two attached hydrogens (primary N) is 1. The van der Waals surface area contributed by atoms with Crippen LogP contribution in [-0.2, 0) is 6.61 Å². The molecule has 0 spiro atoms. The van der Waals surface area contributed by atoms with E-state index >= 15 is 0 Å². The van der Waals surface area contributed by atoms with Crippen molar-refractivity contribution in [1.82, 2.24) is 0 Å². The number of amides is 1. The number of hydrogen-bond donors (Lipinski definition) is 1. The van der Waals surface area contributed by atoms with Crippen molar-refractivity contribution in [3.8, 4) is 5.75 Å². The first-order valence-electron chi connectivity index (χ1n) is 5.43. The summed E-state index contributed by atoms with van der Waals surface area (Å²) in [4.78, 5) is 10.9. The van der Waals surface area contributed by atoms with Crippen LogP contribution in [0.1, 0.15) is 15.9 Å². The first-order chi connectivity index (χ1) is 8.66. The Kier molecular flexibility index (Phi) is 3.99. The molecule has 0 saturated carbocycles. The van der Waals surface area contributed by atoms with Crippen molar-refractivity contribution < 1.29 is 9.53 Å². The van der Waals surface area contributed by atoms with Gasteiger partial charge in [-0.25, -0.2) is 0 Å². The average Bonchev–Trinajstić information content (AvgIpc) is 2.38. The second kappa shape index (κ2) is 5.69. The molecule has 2 N–H and O–H groups in total. The van der Waals surface area contributed by atoms with Crippen molar-refractivity contribution in [2.45, 2.75) is 6.61 Å². The van der Waals surface area contributed by atoms with E-state index in [4.69, 9.17) is 10.5 Å². The SMILES string of the molecule is NC(=O)c1ccc(OCc2ccccc2Br)cc1. The Labute approximate surface area is 114 Å². The van der Waals surface area contributed by atoms with Crippen molar-refractivity contribution in [3.05, 3.63) is 64.1 Å². The van der Waals surface area contributed by atoms with E-state index in [9.17, 15) is 4.79 Å². The van der Waals surface area contributed by atoms with Crippen LogP contribution >= 0.6 is 15.9 Å². The molecular weight excluding hydrogens is 294 g/mol. The minimum atomic E-state index is -0.438. The molecule has 0 unspecified atom stereocenters. The van der Waals surface area contributed by atoms with Crippen molar-refractivity contribution in [2.24, 2.45) is 5.73 Å². The van der Waals surface area contributed by atoms with Crippen molar-refractivity contribution in [3.63, 3.8) is 0 Å². The zero-order chi connectivity index (χ0) is 13.0. The minimum Gasteiger partial charge on any atom is -0.489 e. The Balaban J connectivity index is 2.02. The van der Waals surface area contributed by atoms with E-state index in [1.165, 1.54) is 0 Å². The quantitative estimate of drug-likeness (QED) is 0.943. The summed E-state index contributed by atoms with van der Waals surface area (Å²) < 4.78 is 6.64. The summed E-state index contributed by atoms with van der Waals surface area (Å²) in [6, 6.07) is 14.6. The van der Waals surface area contributed by atoms with E-state index in [-0.39, 0.29) is 0 Å². The van der Waals surface area contributed by atoms with Gasteiger partial charge in [-0.1, -0.05) is 34.1 Å². The van der Waals surface area contributed by atoms with Gasteiger partial charge >= 0.3 is 0 Å². The van der Waals surface area contributed by atoms with Gasteiger partial charge in [0.2, 0.25) is 5.91 Å². The summed E-state index contributed by atoms with van der Waals surface area (Å²) in [6.45, 7) is 0.470. The molecule has 0 aliphatic heterocycles. The Morgan fingerprint density at radius 2 is 1.78 bits per heavy atom. The first kappa shape index (κ1) is 12.6. The van der Waals surface area contributed by atoms with Gasteiger partial charge in [-0.15, -0.1) is 0 Å². The molecule has 0 fully saturated rings. The average molecular weight is 306 g/mol. The van der Waals surface area contributed by atoms with Crippen LogP contribution < -0.4 is 10.5 Å². The number of hydrogen-bond acceptors (Lipinski definition) is 2. The molecule has 0 aliphatic carbocycles. The van der Waals surface area contributed by atoms with Crippen molar-refractivity contribution in [2.75, 3.05) is 0 Å². The van der Waals surface area contributed by atoms with Crippen LogP contribution in [0, 0.1) is 0 Å². The minimum absolute atomic E-state index is 0.438. The molecule has 4 heteroatoms. The predicted octanol–water partition coefficient (Wildman–Crippen LogP) is 3.13. The van der Waals surface area contributed by atoms with Crippen LogP contribution in [0.4, 0.5) is 0 Å². The summed E-state index contributed by atoms with van der Waals surface area (Å²) in [5.74, 6) is 0.267. The fourth-order valence-electron chi connectivity index (χ4n) is 1.49. The van der Waals surface area contributed by atoms with Crippen LogP contribution in [0.5, 0.6) is 5.75 Å². The summed E-state index contributed by atoms with van der Waals surface area (Å²) in [5, 5.41) is 0. The van der Waals surface area contributed by atoms with Gasteiger partial charge in [0, 0.05) is 15.6 Å². The lowest BCUT2D eigenvalue weighted by molar-refractivity contribution is 0.100. The number of primary amides is 1. The van der Waals surface area contributed by atoms with Gasteiger partial charge in [-0.05, 0) is 30.3 Å². The third-order valence-electron chi connectivity index (χ3n) is 2.49. The monoisotopic (exact) mass is 305 g/mol. The van der Waals surface area contributed by atoms with Crippen LogP contribution in [0.2, 0.25) is 0 Å². The van der Waals surface area contributed by atoms with Crippen molar-refractivity contribution >= 4 is 21.8 Å². The summed E-state index contributed by atoms with van der Waals surface area (Å²) in [7, 11) is 0. The molecule has 0 radical (unpaired) electrons. The van der Waals surface area contributed by atoms with Crippen LogP contribution in [-0.4, -0.2) is 5.91 Å². The van der Waals surface area contributed by atoms with E-state index in [0.29, 0.717) is 17.9 Å². The normalized spacial score (nSPS) is 10.1. The molecule has 2 rings (SSSR count). The number of rotatable bonds is 4. The molecule has 92 valence electrons. The summed E-state index contributed by atoms with van der Waals surface area (Å²) in [6.07, 6.45) is 0. The fourth-order valence-corrected chi connectivity index (χ4v) is 1.89. The van der Waals surface area contributed by atoms with Gasteiger partial charge in [-0.2, -0.15) is 0 Å². The molecule has 2 aromatic carbocycles. The van der Waals surface area contributed by atoms with Crippen LogP contribution in [0.25, 0.3) is 0 Å².